The molecule has 1 aliphatic heterocycles. The molecule has 2 N–H and O–H groups in total. The minimum absolute atomic E-state index is 0.219. The molecule has 0 saturated heterocycles. The van der Waals surface area contributed by atoms with Crippen LogP contribution in [0, 0.1) is 11.3 Å². The molecule has 0 spiro atoms. The second-order valence-electron chi connectivity index (χ2n) is 10.2. The Morgan fingerprint density at radius 1 is 1.22 bits per heavy atom. The lowest BCUT2D eigenvalue weighted by molar-refractivity contribution is -0.124. The van der Waals surface area contributed by atoms with Crippen LogP contribution in [0.25, 0.3) is 11.4 Å². The fourth-order valence-corrected chi connectivity index (χ4v) is 4.10. The van der Waals surface area contributed by atoms with Crippen molar-refractivity contribution in [3.63, 3.8) is 0 Å². The van der Waals surface area contributed by atoms with E-state index in [4.69, 9.17) is 4.98 Å². The molecule has 2 aromatic rings. The summed E-state index contributed by atoms with van der Waals surface area (Å²) in [4.78, 5) is 32.9. The van der Waals surface area contributed by atoms with Crippen molar-refractivity contribution >= 4 is 11.8 Å². The number of hydrogen-bond acceptors (Lipinski definition) is 5. The van der Waals surface area contributed by atoms with Crippen LogP contribution < -0.4 is 10.6 Å². The lowest BCUT2D eigenvalue weighted by atomic mass is 9.86. The molecule has 1 unspecified atom stereocenters. The summed E-state index contributed by atoms with van der Waals surface area (Å²) in [6.07, 6.45) is 4.78. The van der Waals surface area contributed by atoms with Gasteiger partial charge in [-0.05, 0) is 31.3 Å². The van der Waals surface area contributed by atoms with Crippen LogP contribution in [0.2, 0.25) is 0 Å². The van der Waals surface area contributed by atoms with E-state index in [1.807, 2.05) is 44.9 Å². The topological polar surface area (TPSA) is 97.1 Å². The molecule has 2 amide bonds. The van der Waals surface area contributed by atoms with Gasteiger partial charge in [-0.15, -0.1) is 0 Å². The Labute approximate surface area is 190 Å². The van der Waals surface area contributed by atoms with E-state index < -0.39 is 11.5 Å². The molecular formula is C23H37N7O2. The summed E-state index contributed by atoms with van der Waals surface area (Å²) in [5.74, 6) is 0.689. The summed E-state index contributed by atoms with van der Waals surface area (Å²) in [5.41, 5.74) is 1.71. The molecule has 0 fully saturated rings. The van der Waals surface area contributed by atoms with Gasteiger partial charge in [0.1, 0.15) is 11.9 Å². The van der Waals surface area contributed by atoms with Crippen molar-refractivity contribution in [3.05, 3.63) is 23.8 Å². The molecule has 0 bridgehead atoms. The zero-order valence-electron chi connectivity index (χ0n) is 20.4. The zero-order chi connectivity index (χ0) is 23.6. The van der Waals surface area contributed by atoms with Gasteiger partial charge in [0.2, 0.25) is 5.91 Å². The Hall–Kier alpha value is -2.68. The van der Waals surface area contributed by atoms with Gasteiger partial charge < -0.3 is 20.1 Å². The highest BCUT2D eigenvalue weighted by Crippen LogP contribution is 2.27. The third kappa shape index (κ3) is 5.20. The molecule has 176 valence electrons. The highest BCUT2D eigenvalue weighted by atomic mass is 16.2. The summed E-state index contributed by atoms with van der Waals surface area (Å²) >= 11 is 0. The standard InChI is InChI=1S/C23H37N7O2/c1-15(2)12-29-13-16(11-25-29)20-26-18(17-14-28(7)9-8-10-30(17)20)21(31)27-19(22(32)24-6)23(3,4)5/h11,13,15,19H,8-10,12,14H2,1-7H3,(H,24,32)(H,27,31). The van der Waals surface area contributed by atoms with E-state index in [0.717, 1.165) is 43.1 Å². The molecule has 1 aliphatic rings. The SMILES string of the molecule is CNC(=O)C(NC(=O)c1nc(-c2cnn(CC(C)C)c2)n2c1CN(C)CCC2)C(C)(C)C. The number of carbonyl (C=O) groups is 2. The number of rotatable bonds is 6. The van der Waals surface area contributed by atoms with E-state index in [0.29, 0.717) is 18.2 Å². The van der Waals surface area contributed by atoms with Crippen LogP contribution in [0.15, 0.2) is 12.4 Å². The smallest absolute Gasteiger partial charge is 0.272 e. The minimum Gasteiger partial charge on any atom is -0.357 e. The van der Waals surface area contributed by atoms with Crippen LogP contribution in [0.5, 0.6) is 0 Å². The van der Waals surface area contributed by atoms with Crippen molar-refractivity contribution in [2.75, 3.05) is 20.6 Å². The molecule has 9 nitrogen and oxygen atoms in total. The van der Waals surface area contributed by atoms with E-state index in [2.05, 4.69) is 39.0 Å². The Bertz CT molecular complexity index is 968. The van der Waals surface area contributed by atoms with Gasteiger partial charge >= 0.3 is 0 Å². The number of fused-ring (bicyclic) bond motifs is 1. The molecule has 9 heteroatoms. The number of carbonyl (C=O) groups excluding carboxylic acids is 2. The Balaban J connectivity index is 2.01. The lowest BCUT2D eigenvalue weighted by Gasteiger charge is -2.29. The maximum absolute atomic E-state index is 13.4. The first-order valence-electron chi connectivity index (χ1n) is 11.3. The normalized spacial score (nSPS) is 15.9. The molecule has 32 heavy (non-hydrogen) atoms. The van der Waals surface area contributed by atoms with E-state index in [-0.39, 0.29) is 11.8 Å². The summed E-state index contributed by atoms with van der Waals surface area (Å²) < 4.78 is 4.06. The lowest BCUT2D eigenvalue weighted by Crippen LogP contribution is -2.53. The summed E-state index contributed by atoms with van der Waals surface area (Å²) in [6.45, 7) is 13.3. The number of nitrogens with one attached hydrogen (secondary N) is 2. The second-order valence-corrected chi connectivity index (χ2v) is 10.2. The predicted molar refractivity (Wildman–Crippen MR) is 124 cm³/mol. The third-order valence-corrected chi connectivity index (χ3v) is 5.72. The molecule has 0 aromatic carbocycles. The van der Waals surface area contributed by atoms with Crippen LogP contribution in [0.1, 0.15) is 57.2 Å². The van der Waals surface area contributed by atoms with Gasteiger partial charge in [-0.3, -0.25) is 14.3 Å². The fraction of sp³-hybridized carbons (Fsp3) is 0.652. The highest BCUT2D eigenvalue weighted by Gasteiger charge is 2.34. The molecular weight excluding hydrogens is 406 g/mol. The van der Waals surface area contributed by atoms with Gasteiger partial charge in [0, 0.05) is 32.9 Å². The second kappa shape index (κ2) is 9.44. The minimum atomic E-state index is -0.668. The van der Waals surface area contributed by atoms with Crippen molar-refractivity contribution < 1.29 is 9.59 Å². The quantitative estimate of drug-likeness (QED) is 0.713. The summed E-state index contributed by atoms with van der Waals surface area (Å²) in [6, 6.07) is -0.668. The molecule has 3 rings (SSSR count). The van der Waals surface area contributed by atoms with Crippen molar-refractivity contribution in [2.45, 2.75) is 66.7 Å². The zero-order valence-corrected chi connectivity index (χ0v) is 20.4. The molecule has 0 radical (unpaired) electrons. The van der Waals surface area contributed by atoms with Crippen molar-refractivity contribution in [1.82, 2.24) is 34.9 Å². The molecule has 0 saturated carbocycles. The van der Waals surface area contributed by atoms with Crippen molar-refractivity contribution in [2.24, 2.45) is 11.3 Å². The number of hydrogen-bond donors (Lipinski definition) is 2. The third-order valence-electron chi connectivity index (χ3n) is 5.72. The van der Waals surface area contributed by atoms with E-state index in [1.165, 1.54) is 0 Å². The first-order valence-corrected chi connectivity index (χ1v) is 11.3. The van der Waals surface area contributed by atoms with Gasteiger partial charge in [-0.25, -0.2) is 4.98 Å². The van der Waals surface area contributed by atoms with Crippen molar-refractivity contribution in [3.8, 4) is 11.4 Å². The van der Waals surface area contributed by atoms with E-state index in [9.17, 15) is 9.59 Å². The number of nitrogens with zero attached hydrogens (tertiary/aromatic N) is 5. The van der Waals surface area contributed by atoms with Gasteiger partial charge in [-0.2, -0.15) is 5.10 Å². The molecule has 3 heterocycles. The first kappa shape index (κ1) is 24.0. The first-order chi connectivity index (χ1) is 15.0. The van der Waals surface area contributed by atoms with Gasteiger partial charge in [-0.1, -0.05) is 34.6 Å². The Morgan fingerprint density at radius 3 is 2.56 bits per heavy atom. The number of imidazole rings is 1. The fourth-order valence-electron chi connectivity index (χ4n) is 4.10. The van der Waals surface area contributed by atoms with Crippen molar-refractivity contribution in [1.29, 1.82) is 0 Å². The van der Waals surface area contributed by atoms with Crippen LogP contribution in [-0.4, -0.2) is 62.7 Å². The highest BCUT2D eigenvalue weighted by molar-refractivity contribution is 5.97. The van der Waals surface area contributed by atoms with Gasteiger partial charge in [0.15, 0.2) is 5.69 Å². The average Bonchev–Trinajstić information content (AvgIpc) is 3.23. The predicted octanol–water partition coefficient (Wildman–Crippen LogP) is 2.13. The number of likely N-dealkylation sites (N-methyl/N-ethyl adjacent to an activating group) is 1. The average molecular weight is 444 g/mol. The summed E-state index contributed by atoms with van der Waals surface area (Å²) in [7, 11) is 3.63. The van der Waals surface area contributed by atoms with Gasteiger partial charge in [0.05, 0.1) is 17.5 Å². The van der Waals surface area contributed by atoms with E-state index in [1.54, 1.807) is 7.05 Å². The molecule has 1 atom stereocenters. The monoisotopic (exact) mass is 443 g/mol. The largest absolute Gasteiger partial charge is 0.357 e. The van der Waals surface area contributed by atoms with Crippen LogP contribution in [-0.2, 0) is 24.4 Å². The van der Waals surface area contributed by atoms with Crippen LogP contribution in [0.4, 0.5) is 0 Å². The van der Waals surface area contributed by atoms with Crippen LogP contribution >= 0.6 is 0 Å². The molecule has 2 aromatic heterocycles. The maximum atomic E-state index is 13.4. The number of aromatic nitrogens is 4. The van der Waals surface area contributed by atoms with E-state index >= 15 is 0 Å². The Morgan fingerprint density at radius 2 is 1.94 bits per heavy atom. The summed E-state index contributed by atoms with van der Waals surface area (Å²) in [5, 5.41) is 10.1. The van der Waals surface area contributed by atoms with Gasteiger partial charge in [0.25, 0.3) is 5.91 Å². The number of amides is 2. The van der Waals surface area contributed by atoms with Crippen LogP contribution in [0.3, 0.4) is 0 Å². The maximum Gasteiger partial charge on any atom is 0.272 e. The Kier molecular flexibility index (Phi) is 7.07. The molecule has 0 aliphatic carbocycles.